The third-order valence-electron chi connectivity index (χ3n) is 2.92. The fourth-order valence-corrected chi connectivity index (χ4v) is 1.94. The Labute approximate surface area is 101 Å². The molecule has 0 fully saturated rings. The van der Waals surface area contributed by atoms with E-state index < -0.39 is 0 Å². The second-order valence-electron chi connectivity index (χ2n) is 4.49. The number of hydrogen-bond donors (Lipinski definition) is 0. The average Bonchev–Trinajstić information content (AvgIpc) is 2.49. The van der Waals surface area contributed by atoms with Crippen LogP contribution < -0.4 is 0 Å². The van der Waals surface area contributed by atoms with Gasteiger partial charge in [0.25, 0.3) is 0 Å². The van der Waals surface area contributed by atoms with E-state index in [-0.39, 0.29) is 0 Å². The van der Waals surface area contributed by atoms with Gasteiger partial charge < -0.3 is 4.90 Å². The van der Waals surface area contributed by atoms with Crippen LogP contribution >= 0.6 is 0 Å². The largest absolute Gasteiger partial charge is 0.372 e. The summed E-state index contributed by atoms with van der Waals surface area (Å²) in [6.45, 7) is 9.05. The van der Waals surface area contributed by atoms with E-state index in [9.17, 15) is 0 Å². The van der Waals surface area contributed by atoms with Crippen molar-refractivity contribution in [2.24, 2.45) is 0 Å². The van der Waals surface area contributed by atoms with Gasteiger partial charge in [-0.15, -0.1) is 0 Å². The van der Waals surface area contributed by atoms with Crippen molar-refractivity contribution in [1.82, 2.24) is 4.90 Å². The number of hydrogen-bond acceptors (Lipinski definition) is 1. The Morgan fingerprint density at radius 1 is 1.06 bits per heavy atom. The highest BCUT2D eigenvalue weighted by molar-refractivity contribution is 5.30. The molecule has 0 aromatic heterocycles. The lowest BCUT2D eigenvalue weighted by Crippen LogP contribution is -2.24. The molecule has 16 heavy (non-hydrogen) atoms. The number of allylic oxidation sites excluding steroid dienone is 5. The molecule has 1 heteroatoms. The summed E-state index contributed by atoms with van der Waals surface area (Å²) in [5, 5.41) is 0. The number of unbranched alkanes of at least 4 members (excludes halogenated alkanes) is 1. The van der Waals surface area contributed by atoms with Crippen molar-refractivity contribution in [3.8, 4) is 0 Å². The van der Waals surface area contributed by atoms with E-state index in [1.54, 1.807) is 0 Å². The number of nitrogens with zero attached hydrogens (tertiary/aromatic N) is 1. The fraction of sp³-hybridized carbons (Fsp3) is 0.600. The van der Waals surface area contributed by atoms with Crippen LogP contribution in [0.3, 0.4) is 0 Å². The molecule has 0 unspecified atom stereocenters. The second kappa shape index (κ2) is 7.32. The minimum absolute atomic E-state index is 1.07. The smallest absolute Gasteiger partial charge is 0.0328 e. The van der Waals surface area contributed by atoms with Crippen LogP contribution in [-0.4, -0.2) is 18.0 Å². The lowest BCUT2D eigenvalue weighted by molar-refractivity contribution is 0.346. The van der Waals surface area contributed by atoms with Crippen molar-refractivity contribution in [1.29, 1.82) is 0 Å². The highest BCUT2D eigenvalue weighted by atomic mass is 15.1. The summed E-state index contributed by atoms with van der Waals surface area (Å²) in [7, 11) is 0. The van der Waals surface area contributed by atoms with Crippen molar-refractivity contribution in [2.45, 2.75) is 46.5 Å². The van der Waals surface area contributed by atoms with Crippen molar-refractivity contribution < 1.29 is 0 Å². The Morgan fingerprint density at radius 3 is 2.56 bits per heavy atom. The highest BCUT2D eigenvalue weighted by Gasteiger charge is 2.06. The summed E-state index contributed by atoms with van der Waals surface area (Å²) in [6, 6.07) is 0. The van der Waals surface area contributed by atoms with Crippen LogP contribution in [0.4, 0.5) is 0 Å². The normalized spacial score (nSPS) is 15.4. The Bertz CT molecular complexity index is 284. The predicted octanol–water partition coefficient (Wildman–Crippen LogP) is 4.29. The third-order valence-corrected chi connectivity index (χ3v) is 2.92. The maximum absolute atomic E-state index is 2.52. The first-order valence-corrected chi connectivity index (χ1v) is 6.57. The molecule has 0 saturated heterocycles. The van der Waals surface area contributed by atoms with Crippen LogP contribution in [0.25, 0.3) is 0 Å². The molecule has 0 atom stereocenters. The van der Waals surface area contributed by atoms with E-state index in [1.165, 1.54) is 43.6 Å². The zero-order chi connectivity index (χ0) is 11.8. The molecule has 0 heterocycles. The van der Waals surface area contributed by atoms with E-state index in [2.05, 4.69) is 50.0 Å². The van der Waals surface area contributed by atoms with E-state index in [0.717, 1.165) is 6.42 Å². The molecule has 0 saturated carbocycles. The van der Waals surface area contributed by atoms with Crippen LogP contribution in [0, 0.1) is 0 Å². The quantitative estimate of drug-likeness (QED) is 0.644. The Morgan fingerprint density at radius 2 is 1.88 bits per heavy atom. The summed E-state index contributed by atoms with van der Waals surface area (Å²) in [4.78, 5) is 2.52. The van der Waals surface area contributed by atoms with Gasteiger partial charge in [-0.3, -0.25) is 0 Å². The zero-order valence-electron chi connectivity index (χ0n) is 11.0. The Balaban J connectivity index is 2.63. The monoisotopic (exact) mass is 219 g/mol. The van der Waals surface area contributed by atoms with Crippen LogP contribution in [0.15, 0.2) is 35.6 Å². The summed E-state index contributed by atoms with van der Waals surface area (Å²) in [5.41, 5.74) is 2.78. The van der Waals surface area contributed by atoms with E-state index in [0.29, 0.717) is 0 Å². The first-order chi connectivity index (χ1) is 7.77. The van der Waals surface area contributed by atoms with Gasteiger partial charge >= 0.3 is 0 Å². The molecule has 1 aliphatic carbocycles. The summed E-state index contributed by atoms with van der Waals surface area (Å²) in [6.07, 6.45) is 14.0. The maximum Gasteiger partial charge on any atom is 0.0328 e. The molecule has 0 aliphatic heterocycles. The standard InChI is InChI=1S/C15H25N/c1-4-6-13-16(12-5-2)15-9-7-8-14(3)10-11-15/h8-11H,4-7,12-13H2,1-3H3. The molecular weight excluding hydrogens is 194 g/mol. The minimum atomic E-state index is 1.07. The zero-order valence-corrected chi connectivity index (χ0v) is 11.0. The first kappa shape index (κ1) is 13.1. The Kier molecular flexibility index (Phi) is 5.99. The van der Waals surface area contributed by atoms with Gasteiger partial charge in [0.15, 0.2) is 0 Å². The van der Waals surface area contributed by atoms with Gasteiger partial charge in [0, 0.05) is 18.8 Å². The van der Waals surface area contributed by atoms with E-state index in [4.69, 9.17) is 0 Å². The SMILES string of the molecule is CCCCN(CCC)C1=CCC=C(C)C=C1. The van der Waals surface area contributed by atoms with Crippen LogP contribution in [0.5, 0.6) is 0 Å². The molecular formula is C15H25N. The lowest BCUT2D eigenvalue weighted by Gasteiger charge is -2.25. The second-order valence-corrected chi connectivity index (χ2v) is 4.49. The van der Waals surface area contributed by atoms with E-state index >= 15 is 0 Å². The minimum Gasteiger partial charge on any atom is -0.372 e. The molecule has 1 nitrogen and oxygen atoms in total. The van der Waals surface area contributed by atoms with Crippen LogP contribution in [0.2, 0.25) is 0 Å². The van der Waals surface area contributed by atoms with Gasteiger partial charge in [-0.2, -0.15) is 0 Å². The first-order valence-electron chi connectivity index (χ1n) is 6.57. The molecule has 90 valence electrons. The van der Waals surface area contributed by atoms with E-state index in [1.807, 2.05) is 0 Å². The molecule has 0 radical (unpaired) electrons. The summed E-state index contributed by atoms with van der Waals surface area (Å²) >= 11 is 0. The molecule has 1 aliphatic rings. The van der Waals surface area contributed by atoms with Crippen molar-refractivity contribution in [3.63, 3.8) is 0 Å². The topological polar surface area (TPSA) is 3.24 Å². The summed E-state index contributed by atoms with van der Waals surface area (Å²) in [5.74, 6) is 0. The molecule has 0 N–H and O–H groups in total. The molecule has 0 aromatic carbocycles. The molecule has 0 bridgehead atoms. The average molecular weight is 219 g/mol. The predicted molar refractivity (Wildman–Crippen MR) is 72.4 cm³/mol. The highest BCUT2D eigenvalue weighted by Crippen LogP contribution is 2.15. The van der Waals surface area contributed by atoms with Gasteiger partial charge in [0.1, 0.15) is 0 Å². The van der Waals surface area contributed by atoms with Gasteiger partial charge in [-0.05, 0) is 32.3 Å². The van der Waals surface area contributed by atoms with Gasteiger partial charge in [-0.1, -0.05) is 44.1 Å². The molecule has 0 spiro atoms. The van der Waals surface area contributed by atoms with Gasteiger partial charge in [0.05, 0.1) is 0 Å². The molecule has 0 aromatic rings. The third kappa shape index (κ3) is 4.26. The van der Waals surface area contributed by atoms with Crippen molar-refractivity contribution >= 4 is 0 Å². The lowest BCUT2D eigenvalue weighted by atomic mass is 10.2. The molecule has 0 amide bonds. The van der Waals surface area contributed by atoms with Crippen molar-refractivity contribution in [3.05, 3.63) is 35.6 Å². The number of rotatable bonds is 6. The van der Waals surface area contributed by atoms with Gasteiger partial charge in [-0.25, -0.2) is 0 Å². The van der Waals surface area contributed by atoms with Crippen LogP contribution in [-0.2, 0) is 0 Å². The fourth-order valence-electron chi connectivity index (χ4n) is 1.94. The van der Waals surface area contributed by atoms with Crippen molar-refractivity contribution in [2.75, 3.05) is 13.1 Å². The Hall–Kier alpha value is -0.980. The molecule has 1 rings (SSSR count). The van der Waals surface area contributed by atoms with Gasteiger partial charge in [0.2, 0.25) is 0 Å². The van der Waals surface area contributed by atoms with Crippen LogP contribution in [0.1, 0.15) is 46.5 Å². The summed E-state index contributed by atoms with van der Waals surface area (Å²) < 4.78 is 0. The maximum atomic E-state index is 2.52.